The van der Waals surface area contributed by atoms with Crippen LogP contribution in [-0.4, -0.2) is 43.5 Å². The van der Waals surface area contributed by atoms with E-state index in [4.69, 9.17) is 9.84 Å². The Morgan fingerprint density at radius 1 is 1.03 bits per heavy atom. The Hall–Kier alpha value is -2.38. The number of hydrogen-bond acceptors (Lipinski definition) is 4. The second kappa shape index (κ2) is 8.78. The second-order valence-corrected chi connectivity index (χ2v) is 10.6. The van der Waals surface area contributed by atoms with Gasteiger partial charge in [-0.15, -0.1) is 0 Å². The Bertz CT molecular complexity index is 968. The van der Waals surface area contributed by atoms with E-state index in [0.717, 1.165) is 24.0 Å². The lowest BCUT2D eigenvalue weighted by Crippen LogP contribution is -2.37. The van der Waals surface area contributed by atoms with Gasteiger partial charge in [-0.05, 0) is 59.6 Å². The number of nitrogens with zero attached hydrogens (tertiary/aromatic N) is 1. The smallest absolute Gasteiger partial charge is 0.341 e. The number of benzene rings is 2. The van der Waals surface area contributed by atoms with E-state index >= 15 is 0 Å². The van der Waals surface area contributed by atoms with Crippen molar-refractivity contribution < 1.29 is 23.1 Å². The first-order valence-corrected chi connectivity index (χ1v) is 11.6. The molecule has 0 saturated carbocycles. The zero-order valence-corrected chi connectivity index (χ0v) is 18.5. The van der Waals surface area contributed by atoms with Gasteiger partial charge in [0.25, 0.3) is 0 Å². The maximum Gasteiger partial charge on any atom is 0.341 e. The number of piperidine rings is 1. The summed E-state index contributed by atoms with van der Waals surface area (Å²) in [4.78, 5) is 10.9. The van der Waals surface area contributed by atoms with Crippen molar-refractivity contribution >= 4 is 16.0 Å². The molecule has 0 bridgehead atoms. The summed E-state index contributed by atoms with van der Waals surface area (Å²) < 4.78 is 32.8. The molecule has 0 amide bonds. The first kappa shape index (κ1) is 22.3. The number of sulfonamides is 1. The van der Waals surface area contributed by atoms with Crippen molar-refractivity contribution in [2.24, 2.45) is 0 Å². The molecule has 0 radical (unpaired) electrons. The standard InChI is InChI=1S/C23H29NO5S/c1-23(2,3)19-6-10-21(11-7-19)30(27,28)24-14-12-18(13-15-24)17-4-8-20(9-5-17)29-16-22(25)26/h4-11,18H,12-16H2,1-3H3,(H,25,26). The Kier molecular flexibility index (Phi) is 6.53. The summed E-state index contributed by atoms with van der Waals surface area (Å²) in [6, 6.07) is 14.6. The Morgan fingerprint density at radius 3 is 2.10 bits per heavy atom. The van der Waals surface area contributed by atoms with Crippen molar-refractivity contribution in [3.8, 4) is 5.75 Å². The maximum absolute atomic E-state index is 13.0. The SMILES string of the molecule is CC(C)(C)c1ccc(S(=O)(=O)N2CCC(c3ccc(OCC(=O)O)cc3)CC2)cc1. The molecule has 1 heterocycles. The predicted octanol–water partition coefficient (Wildman–Crippen LogP) is 4.02. The van der Waals surface area contributed by atoms with Gasteiger partial charge in [0.05, 0.1) is 4.90 Å². The predicted molar refractivity (Wildman–Crippen MR) is 115 cm³/mol. The van der Waals surface area contributed by atoms with Crippen LogP contribution in [0.25, 0.3) is 0 Å². The van der Waals surface area contributed by atoms with Gasteiger partial charge in [0.2, 0.25) is 10.0 Å². The molecule has 3 rings (SSSR count). The third kappa shape index (κ3) is 5.21. The van der Waals surface area contributed by atoms with Crippen LogP contribution in [0.4, 0.5) is 0 Å². The van der Waals surface area contributed by atoms with Gasteiger partial charge in [-0.25, -0.2) is 13.2 Å². The minimum Gasteiger partial charge on any atom is -0.482 e. The molecule has 162 valence electrons. The molecule has 0 atom stereocenters. The topological polar surface area (TPSA) is 83.9 Å². The summed E-state index contributed by atoms with van der Waals surface area (Å²) in [5.74, 6) is -0.228. The van der Waals surface area contributed by atoms with Crippen LogP contribution in [-0.2, 0) is 20.2 Å². The van der Waals surface area contributed by atoms with Crippen molar-refractivity contribution in [2.75, 3.05) is 19.7 Å². The third-order valence-corrected chi connectivity index (χ3v) is 7.44. The first-order valence-electron chi connectivity index (χ1n) is 10.1. The van der Waals surface area contributed by atoms with E-state index in [0.29, 0.717) is 23.7 Å². The monoisotopic (exact) mass is 431 g/mol. The van der Waals surface area contributed by atoms with Crippen molar-refractivity contribution in [1.29, 1.82) is 0 Å². The molecule has 0 spiro atoms. The summed E-state index contributed by atoms with van der Waals surface area (Å²) >= 11 is 0. The van der Waals surface area contributed by atoms with E-state index in [-0.39, 0.29) is 17.9 Å². The molecule has 1 saturated heterocycles. The van der Waals surface area contributed by atoms with Crippen molar-refractivity contribution in [1.82, 2.24) is 4.31 Å². The molecular formula is C23H29NO5S. The molecule has 1 N–H and O–H groups in total. The Labute approximate surface area is 178 Å². The molecule has 1 aliphatic rings. The minimum absolute atomic E-state index is 0.0190. The van der Waals surface area contributed by atoms with Gasteiger partial charge in [-0.3, -0.25) is 0 Å². The highest BCUT2D eigenvalue weighted by atomic mass is 32.2. The lowest BCUT2D eigenvalue weighted by molar-refractivity contribution is -0.139. The van der Waals surface area contributed by atoms with Crippen LogP contribution in [0.3, 0.4) is 0 Å². The highest BCUT2D eigenvalue weighted by Gasteiger charge is 2.30. The molecule has 0 unspecified atom stereocenters. The number of carbonyl (C=O) groups is 1. The lowest BCUT2D eigenvalue weighted by atomic mass is 9.87. The second-order valence-electron chi connectivity index (χ2n) is 8.70. The molecule has 1 aliphatic heterocycles. The van der Waals surface area contributed by atoms with Crippen LogP contribution in [0.2, 0.25) is 0 Å². The molecule has 7 heteroatoms. The number of carboxylic acid groups (broad SMARTS) is 1. The molecule has 1 fully saturated rings. The summed E-state index contributed by atoms with van der Waals surface area (Å²) in [5.41, 5.74) is 2.20. The fraction of sp³-hybridized carbons (Fsp3) is 0.435. The van der Waals surface area contributed by atoms with Gasteiger partial charge in [-0.2, -0.15) is 4.31 Å². The molecule has 6 nitrogen and oxygen atoms in total. The molecular weight excluding hydrogens is 402 g/mol. The van der Waals surface area contributed by atoms with Gasteiger partial charge >= 0.3 is 5.97 Å². The number of ether oxygens (including phenoxy) is 1. The van der Waals surface area contributed by atoms with E-state index < -0.39 is 16.0 Å². The van der Waals surface area contributed by atoms with E-state index in [1.165, 1.54) is 0 Å². The maximum atomic E-state index is 13.0. The summed E-state index contributed by atoms with van der Waals surface area (Å²) in [7, 11) is -3.49. The average molecular weight is 432 g/mol. The Morgan fingerprint density at radius 2 is 1.60 bits per heavy atom. The molecule has 0 aromatic heterocycles. The summed E-state index contributed by atoms with van der Waals surface area (Å²) in [6.45, 7) is 6.90. The Balaban J connectivity index is 1.62. The fourth-order valence-electron chi connectivity index (χ4n) is 3.69. The normalized spacial score (nSPS) is 16.4. The van der Waals surface area contributed by atoms with E-state index in [1.54, 1.807) is 28.6 Å². The quantitative estimate of drug-likeness (QED) is 0.747. The number of hydrogen-bond donors (Lipinski definition) is 1. The zero-order valence-electron chi connectivity index (χ0n) is 17.7. The van der Waals surface area contributed by atoms with Crippen LogP contribution in [0.1, 0.15) is 50.7 Å². The number of rotatable bonds is 6. The summed E-state index contributed by atoms with van der Waals surface area (Å²) in [5, 5.41) is 8.68. The largest absolute Gasteiger partial charge is 0.482 e. The molecule has 2 aromatic carbocycles. The highest BCUT2D eigenvalue weighted by molar-refractivity contribution is 7.89. The fourth-order valence-corrected chi connectivity index (χ4v) is 5.16. The van der Waals surface area contributed by atoms with E-state index in [9.17, 15) is 13.2 Å². The molecule has 0 aliphatic carbocycles. The highest BCUT2D eigenvalue weighted by Crippen LogP contribution is 2.32. The van der Waals surface area contributed by atoms with Gasteiger partial charge in [-0.1, -0.05) is 45.0 Å². The van der Waals surface area contributed by atoms with Gasteiger partial charge in [0.15, 0.2) is 6.61 Å². The number of carboxylic acids is 1. The minimum atomic E-state index is -3.49. The van der Waals surface area contributed by atoms with Crippen LogP contribution >= 0.6 is 0 Å². The van der Waals surface area contributed by atoms with Crippen molar-refractivity contribution in [3.05, 3.63) is 59.7 Å². The third-order valence-electron chi connectivity index (χ3n) is 5.53. The van der Waals surface area contributed by atoms with Gasteiger partial charge < -0.3 is 9.84 Å². The van der Waals surface area contributed by atoms with Crippen LogP contribution in [0.15, 0.2) is 53.4 Å². The van der Waals surface area contributed by atoms with Crippen LogP contribution < -0.4 is 4.74 Å². The molecule has 2 aromatic rings. The van der Waals surface area contributed by atoms with E-state index in [2.05, 4.69) is 20.8 Å². The number of aliphatic carboxylic acids is 1. The summed E-state index contributed by atoms with van der Waals surface area (Å²) in [6.07, 6.45) is 1.49. The van der Waals surface area contributed by atoms with E-state index in [1.807, 2.05) is 24.3 Å². The average Bonchev–Trinajstić information content (AvgIpc) is 2.72. The first-order chi connectivity index (χ1) is 14.1. The van der Waals surface area contributed by atoms with Gasteiger partial charge in [0, 0.05) is 13.1 Å². The molecule has 30 heavy (non-hydrogen) atoms. The van der Waals surface area contributed by atoms with Crippen molar-refractivity contribution in [3.63, 3.8) is 0 Å². The van der Waals surface area contributed by atoms with Gasteiger partial charge in [0.1, 0.15) is 5.75 Å². The van der Waals surface area contributed by atoms with Crippen LogP contribution in [0, 0.1) is 0 Å². The van der Waals surface area contributed by atoms with Crippen molar-refractivity contribution in [2.45, 2.75) is 49.8 Å². The lowest BCUT2D eigenvalue weighted by Gasteiger charge is -2.31. The zero-order chi connectivity index (χ0) is 21.9. The van der Waals surface area contributed by atoms with Crippen LogP contribution in [0.5, 0.6) is 5.75 Å².